The van der Waals surface area contributed by atoms with Gasteiger partial charge in [-0.05, 0) is 104 Å². The highest BCUT2D eigenvalue weighted by Gasteiger charge is 2.26. The van der Waals surface area contributed by atoms with Gasteiger partial charge in [0.15, 0.2) is 5.13 Å². The second-order valence-corrected chi connectivity index (χ2v) is 14.9. The fraction of sp³-hybridized carbons (Fsp3) is 0.250. The van der Waals surface area contributed by atoms with Gasteiger partial charge in [0.1, 0.15) is 0 Å². The summed E-state index contributed by atoms with van der Waals surface area (Å²) < 4.78 is 3.50. The molecular weight excluding hydrogens is 722 g/mol. The van der Waals surface area contributed by atoms with Crippen LogP contribution in [0.3, 0.4) is 0 Å². The summed E-state index contributed by atoms with van der Waals surface area (Å²) >= 11 is 8.91. The van der Waals surface area contributed by atoms with Crippen LogP contribution in [0.2, 0.25) is 0 Å². The molecule has 2 atom stereocenters. The number of para-hydroxylation sites is 1. The zero-order valence-electron chi connectivity index (χ0n) is 25.1. The van der Waals surface area contributed by atoms with Crippen molar-refractivity contribution in [1.82, 2.24) is 24.9 Å². The molecule has 2 aliphatic carbocycles. The number of aryl methyl sites for hydroxylation is 2. The molecule has 0 saturated heterocycles. The van der Waals surface area contributed by atoms with Crippen LogP contribution in [0.4, 0.5) is 11.1 Å². The fourth-order valence-electron chi connectivity index (χ4n) is 6.94. The number of aromatic amines is 2. The molecule has 7 aromatic rings. The Kier molecular flexibility index (Phi) is 8.26. The monoisotopic (exact) mass is 753 g/mol. The van der Waals surface area contributed by atoms with E-state index in [4.69, 9.17) is 4.98 Å². The molecule has 0 radical (unpaired) electrons. The molecule has 0 saturated carbocycles. The van der Waals surface area contributed by atoms with Gasteiger partial charge < -0.3 is 20.6 Å². The van der Waals surface area contributed by atoms with E-state index in [1.165, 1.54) is 68.3 Å². The number of hydrogen-bond donors (Lipinski definition) is 4. The van der Waals surface area contributed by atoms with Crippen molar-refractivity contribution in [1.29, 1.82) is 0 Å². The van der Waals surface area contributed by atoms with E-state index in [1.807, 2.05) is 12.1 Å². The van der Waals surface area contributed by atoms with Crippen LogP contribution in [0.15, 0.2) is 88.1 Å². The Morgan fingerprint density at radius 1 is 0.696 bits per heavy atom. The van der Waals surface area contributed by atoms with Crippen LogP contribution in [-0.2, 0) is 12.8 Å². The predicted molar refractivity (Wildman–Crippen MR) is 197 cm³/mol. The number of nitrogens with one attached hydrogen (secondary N) is 4. The minimum absolute atomic E-state index is 0.242. The summed E-state index contributed by atoms with van der Waals surface area (Å²) in [6.07, 6.45) is 11.7. The van der Waals surface area contributed by atoms with E-state index in [9.17, 15) is 0 Å². The lowest BCUT2D eigenvalue weighted by Crippen LogP contribution is -2.17. The van der Waals surface area contributed by atoms with Gasteiger partial charge in [0.05, 0.1) is 22.3 Å². The average Bonchev–Trinajstić information content (AvgIpc) is 3.72. The first-order chi connectivity index (χ1) is 22.6. The molecule has 4 N–H and O–H groups in total. The van der Waals surface area contributed by atoms with Crippen molar-refractivity contribution in [3.8, 4) is 0 Å². The first kappa shape index (κ1) is 29.7. The number of aromatic nitrogens is 5. The van der Waals surface area contributed by atoms with Crippen molar-refractivity contribution in [2.24, 2.45) is 0 Å². The molecule has 0 aliphatic heterocycles. The summed E-state index contributed by atoms with van der Waals surface area (Å²) in [6, 6.07) is 23.6. The zero-order valence-corrected chi connectivity index (χ0v) is 29.1. The summed E-state index contributed by atoms with van der Waals surface area (Å²) in [4.78, 5) is 20.6. The van der Waals surface area contributed by atoms with Gasteiger partial charge in [-0.2, -0.15) is 0 Å². The topological polar surface area (TPSA) is 94.3 Å². The number of hydrogen-bond acceptors (Lipinski definition) is 6. The average molecular weight is 756 g/mol. The van der Waals surface area contributed by atoms with Crippen LogP contribution in [0, 0.1) is 0 Å². The number of nitrogens with zero attached hydrogens (tertiary/aromatic N) is 3. The molecule has 3 aromatic carbocycles. The molecule has 46 heavy (non-hydrogen) atoms. The van der Waals surface area contributed by atoms with Crippen LogP contribution >= 0.6 is 43.2 Å². The Morgan fingerprint density at radius 3 is 2.02 bits per heavy atom. The second kappa shape index (κ2) is 12.8. The van der Waals surface area contributed by atoms with Crippen LogP contribution in [0.5, 0.6) is 0 Å². The van der Waals surface area contributed by atoms with Gasteiger partial charge >= 0.3 is 0 Å². The Balaban J connectivity index is 0.000000136. The summed E-state index contributed by atoms with van der Waals surface area (Å²) in [5, 5.41) is 10.8. The van der Waals surface area contributed by atoms with Crippen molar-refractivity contribution in [3.05, 3.63) is 111 Å². The van der Waals surface area contributed by atoms with E-state index < -0.39 is 0 Å². The number of anilines is 2. The Labute approximate surface area is 287 Å². The smallest absolute Gasteiger partial charge is 0.223 e. The van der Waals surface area contributed by atoms with Crippen LogP contribution in [0.25, 0.3) is 32.0 Å². The predicted octanol–water partition coefficient (Wildman–Crippen LogP) is 10.6. The third kappa shape index (κ3) is 5.94. The van der Waals surface area contributed by atoms with E-state index in [0.717, 1.165) is 45.3 Å². The molecule has 0 fully saturated rings. The van der Waals surface area contributed by atoms with E-state index in [0.29, 0.717) is 12.0 Å². The maximum atomic E-state index is 4.73. The van der Waals surface area contributed by atoms with Gasteiger partial charge in [-0.25, -0.2) is 15.0 Å². The first-order valence-corrected chi connectivity index (χ1v) is 18.2. The molecule has 0 amide bonds. The minimum Gasteiger partial charge on any atom is -0.356 e. The highest BCUT2D eigenvalue weighted by molar-refractivity contribution is 9.10. The zero-order chi connectivity index (χ0) is 31.0. The summed E-state index contributed by atoms with van der Waals surface area (Å²) in [5.74, 6) is 0.695. The highest BCUT2D eigenvalue weighted by Crippen LogP contribution is 2.39. The molecule has 0 bridgehead atoms. The van der Waals surface area contributed by atoms with Gasteiger partial charge in [0, 0.05) is 54.5 Å². The lowest BCUT2D eigenvalue weighted by Gasteiger charge is -2.23. The lowest BCUT2D eigenvalue weighted by atomic mass is 9.92. The second-order valence-electron chi connectivity index (χ2n) is 12.0. The molecule has 7 nitrogen and oxygen atoms in total. The standard InChI is InChI=1S/C19H16BrN3S.C17H17BrN4/c20-11-8-9-14-13(10-11)12-4-3-6-16(18(12)21-14)23-19-22-15-5-1-2-7-17(15)24-19;18-11-6-7-14-13(10-11)12-4-1-2-5-15(16(12)21-14)22-17-19-8-3-9-20-17/h1-2,5,7-10,16,21H,3-4,6H2,(H,22,23);3,6-10,15,21H,1-2,4-5H2,(H,19,20,22). The van der Waals surface area contributed by atoms with E-state index in [2.05, 4.69) is 117 Å². The normalized spacial score (nSPS) is 17.6. The Bertz CT molecular complexity index is 2120. The molecule has 10 heteroatoms. The van der Waals surface area contributed by atoms with Gasteiger partial charge in [-0.3, -0.25) is 0 Å². The lowest BCUT2D eigenvalue weighted by molar-refractivity contribution is 0.592. The molecule has 2 aliphatic rings. The summed E-state index contributed by atoms with van der Waals surface area (Å²) in [7, 11) is 0. The highest BCUT2D eigenvalue weighted by atomic mass is 79.9. The van der Waals surface area contributed by atoms with Crippen molar-refractivity contribution in [2.45, 2.75) is 57.0 Å². The molecule has 4 heterocycles. The third-order valence-electron chi connectivity index (χ3n) is 9.05. The van der Waals surface area contributed by atoms with Crippen LogP contribution in [-0.4, -0.2) is 24.9 Å². The molecule has 0 spiro atoms. The van der Waals surface area contributed by atoms with Gasteiger partial charge in [-0.1, -0.05) is 61.8 Å². The van der Waals surface area contributed by atoms with Gasteiger partial charge in [-0.15, -0.1) is 0 Å². The maximum Gasteiger partial charge on any atom is 0.223 e. The minimum atomic E-state index is 0.242. The number of benzene rings is 3. The molecule has 4 aromatic heterocycles. The van der Waals surface area contributed by atoms with Crippen LogP contribution in [0.1, 0.15) is 66.7 Å². The quantitative estimate of drug-likeness (QED) is 0.134. The Morgan fingerprint density at radius 2 is 1.33 bits per heavy atom. The van der Waals surface area contributed by atoms with Crippen molar-refractivity contribution >= 4 is 86.3 Å². The van der Waals surface area contributed by atoms with Gasteiger partial charge in [0.2, 0.25) is 5.95 Å². The first-order valence-electron chi connectivity index (χ1n) is 15.8. The SMILES string of the molecule is Brc1ccc2[nH]c3c(c2c1)CCCC3Nc1nc2ccccc2s1.Brc1ccc2[nH]c3c(c2c1)CCCCC3Nc1ncccn1. The van der Waals surface area contributed by atoms with Crippen molar-refractivity contribution in [3.63, 3.8) is 0 Å². The fourth-order valence-corrected chi connectivity index (χ4v) is 8.58. The largest absolute Gasteiger partial charge is 0.356 e. The molecule has 9 rings (SSSR count). The molecule has 2 unspecified atom stereocenters. The van der Waals surface area contributed by atoms with Gasteiger partial charge in [0.25, 0.3) is 0 Å². The number of rotatable bonds is 4. The Hall–Kier alpha value is -3.73. The molecular formula is C36H33Br2N7S. The third-order valence-corrected chi connectivity index (χ3v) is 11.0. The van der Waals surface area contributed by atoms with E-state index >= 15 is 0 Å². The van der Waals surface area contributed by atoms with Crippen molar-refractivity contribution < 1.29 is 0 Å². The number of halogens is 2. The number of fused-ring (bicyclic) bond motifs is 7. The van der Waals surface area contributed by atoms with Crippen LogP contribution < -0.4 is 10.6 Å². The van der Waals surface area contributed by atoms with E-state index in [-0.39, 0.29) is 6.04 Å². The summed E-state index contributed by atoms with van der Waals surface area (Å²) in [5.41, 5.74) is 9.00. The summed E-state index contributed by atoms with van der Waals surface area (Å²) in [6.45, 7) is 0. The van der Waals surface area contributed by atoms with E-state index in [1.54, 1.807) is 23.7 Å². The number of thiazole rings is 1. The maximum absolute atomic E-state index is 4.73. The molecule has 232 valence electrons. The number of H-pyrrole nitrogens is 2. The van der Waals surface area contributed by atoms with Crippen molar-refractivity contribution in [2.75, 3.05) is 10.6 Å².